The molecule has 1 aliphatic rings. The Labute approximate surface area is 189 Å². The van der Waals surface area contributed by atoms with Crippen molar-refractivity contribution >= 4 is 11.6 Å². The van der Waals surface area contributed by atoms with E-state index in [1.807, 2.05) is 13.8 Å². The van der Waals surface area contributed by atoms with E-state index in [0.717, 1.165) is 16.9 Å². The summed E-state index contributed by atoms with van der Waals surface area (Å²) in [5.41, 5.74) is 2.80. The van der Waals surface area contributed by atoms with Gasteiger partial charge in [0.25, 0.3) is 5.91 Å². The molecule has 8 nitrogen and oxygen atoms in total. The lowest BCUT2D eigenvalue weighted by Crippen LogP contribution is -2.12. The molecule has 2 aromatic rings. The molecule has 1 amide bonds. The highest BCUT2D eigenvalue weighted by Crippen LogP contribution is 2.43. The Morgan fingerprint density at radius 2 is 1.94 bits per heavy atom. The normalized spacial score (nSPS) is 14.7. The van der Waals surface area contributed by atoms with E-state index in [-0.39, 0.29) is 5.91 Å². The maximum atomic E-state index is 12.7. The third kappa shape index (κ3) is 6.06. The number of aromatic nitrogens is 2. The SMILES string of the molecule is C=C(C)/C(Cn1cc(NC(=O)c2cc(OC)c3c(c2)OC(C)O3)cn1)=C(/C)OC.CCC. The number of hydrogen-bond donors (Lipinski definition) is 1. The van der Waals surface area contributed by atoms with Gasteiger partial charge >= 0.3 is 0 Å². The first kappa shape index (κ1) is 24.8. The van der Waals surface area contributed by atoms with E-state index >= 15 is 0 Å². The van der Waals surface area contributed by atoms with Crippen molar-refractivity contribution in [2.24, 2.45) is 0 Å². The van der Waals surface area contributed by atoms with Crippen molar-refractivity contribution in [2.45, 2.75) is 53.9 Å². The van der Waals surface area contributed by atoms with Crippen LogP contribution in [-0.2, 0) is 11.3 Å². The number of rotatable bonds is 7. The molecule has 1 N–H and O–H groups in total. The number of nitrogens with one attached hydrogen (secondary N) is 1. The van der Waals surface area contributed by atoms with Gasteiger partial charge in [0.15, 0.2) is 11.5 Å². The molecule has 2 heterocycles. The van der Waals surface area contributed by atoms with E-state index in [1.54, 1.807) is 43.2 Å². The second kappa shape index (κ2) is 11.3. The van der Waals surface area contributed by atoms with Gasteiger partial charge in [0.05, 0.1) is 38.4 Å². The number of carbonyl (C=O) groups excluding carboxylic acids is 1. The molecule has 0 spiro atoms. The van der Waals surface area contributed by atoms with E-state index in [9.17, 15) is 4.79 Å². The van der Waals surface area contributed by atoms with Crippen LogP contribution >= 0.6 is 0 Å². The highest BCUT2D eigenvalue weighted by molar-refractivity contribution is 6.05. The molecule has 0 saturated heterocycles. The van der Waals surface area contributed by atoms with Crippen molar-refractivity contribution < 1.29 is 23.7 Å². The van der Waals surface area contributed by atoms with Gasteiger partial charge in [0, 0.05) is 24.3 Å². The van der Waals surface area contributed by atoms with Gasteiger partial charge in [0.2, 0.25) is 12.0 Å². The van der Waals surface area contributed by atoms with Gasteiger partial charge in [-0.1, -0.05) is 26.8 Å². The summed E-state index contributed by atoms with van der Waals surface area (Å²) in [6.45, 7) is 14.3. The van der Waals surface area contributed by atoms with Crippen LogP contribution in [0, 0.1) is 0 Å². The Kier molecular flexibility index (Phi) is 8.75. The summed E-state index contributed by atoms with van der Waals surface area (Å²) in [4.78, 5) is 12.7. The van der Waals surface area contributed by atoms with E-state index < -0.39 is 6.29 Å². The van der Waals surface area contributed by atoms with Crippen LogP contribution in [0.3, 0.4) is 0 Å². The van der Waals surface area contributed by atoms with Crippen LogP contribution in [0.1, 0.15) is 51.4 Å². The largest absolute Gasteiger partial charge is 0.501 e. The highest BCUT2D eigenvalue weighted by atomic mass is 16.7. The van der Waals surface area contributed by atoms with Crippen LogP contribution in [0.5, 0.6) is 17.2 Å². The topological polar surface area (TPSA) is 83.8 Å². The summed E-state index contributed by atoms with van der Waals surface area (Å²) in [5, 5.41) is 7.14. The average molecular weight is 444 g/mol. The zero-order valence-corrected chi connectivity index (χ0v) is 19.9. The minimum Gasteiger partial charge on any atom is -0.501 e. The van der Waals surface area contributed by atoms with Gasteiger partial charge < -0.3 is 24.3 Å². The van der Waals surface area contributed by atoms with Gasteiger partial charge in [-0.15, -0.1) is 0 Å². The number of benzene rings is 1. The number of amides is 1. The predicted molar refractivity (Wildman–Crippen MR) is 124 cm³/mol. The molecule has 1 aromatic carbocycles. The quantitative estimate of drug-likeness (QED) is 0.469. The molecule has 0 aliphatic carbocycles. The Hall–Kier alpha value is -3.42. The number of carbonyl (C=O) groups is 1. The maximum absolute atomic E-state index is 12.7. The first-order valence-electron chi connectivity index (χ1n) is 10.5. The lowest BCUT2D eigenvalue weighted by molar-refractivity contribution is 0.0663. The van der Waals surface area contributed by atoms with Crippen LogP contribution in [0.4, 0.5) is 5.69 Å². The molecule has 1 aliphatic heterocycles. The van der Waals surface area contributed by atoms with Crippen molar-refractivity contribution in [2.75, 3.05) is 19.5 Å². The van der Waals surface area contributed by atoms with Crippen molar-refractivity contribution in [3.05, 3.63) is 53.6 Å². The van der Waals surface area contributed by atoms with Crippen molar-refractivity contribution in [1.82, 2.24) is 9.78 Å². The van der Waals surface area contributed by atoms with Crippen LogP contribution in [0.15, 0.2) is 48.0 Å². The van der Waals surface area contributed by atoms with Crippen molar-refractivity contribution in [1.29, 1.82) is 0 Å². The third-order valence-electron chi connectivity index (χ3n) is 4.54. The molecular formula is C24H33N3O5. The lowest BCUT2D eigenvalue weighted by Gasteiger charge is -2.11. The molecule has 174 valence electrons. The number of hydrogen-bond acceptors (Lipinski definition) is 6. The van der Waals surface area contributed by atoms with E-state index in [2.05, 4.69) is 30.8 Å². The molecule has 0 saturated carbocycles. The number of methoxy groups -OCH3 is 2. The van der Waals surface area contributed by atoms with Crippen LogP contribution < -0.4 is 19.5 Å². The highest BCUT2D eigenvalue weighted by Gasteiger charge is 2.26. The van der Waals surface area contributed by atoms with E-state index in [0.29, 0.717) is 35.0 Å². The fourth-order valence-electron chi connectivity index (χ4n) is 2.98. The lowest BCUT2D eigenvalue weighted by atomic mass is 10.1. The van der Waals surface area contributed by atoms with E-state index in [4.69, 9.17) is 18.9 Å². The summed E-state index contributed by atoms with van der Waals surface area (Å²) in [6.07, 6.45) is 4.15. The van der Waals surface area contributed by atoms with Gasteiger partial charge in [-0.3, -0.25) is 9.48 Å². The molecule has 1 unspecified atom stereocenters. The summed E-state index contributed by atoms with van der Waals surface area (Å²) in [7, 11) is 3.13. The summed E-state index contributed by atoms with van der Waals surface area (Å²) in [5.74, 6) is 1.89. The number of nitrogens with zero attached hydrogens (tertiary/aromatic N) is 2. The molecule has 3 rings (SSSR count). The standard InChI is InChI=1S/C21H25N3O5.C3H8/c1-12(2)17(13(3)26-5)11-24-10-16(9-22-24)23-21(25)15-7-18(27-6)20-19(8-15)28-14(4)29-20;1-3-2/h7-10,14H,1,11H2,2-6H3,(H,23,25);3H2,1-2H3/b17-13-;. The van der Waals surface area contributed by atoms with Crippen molar-refractivity contribution in [3.8, 4) is 17.2 Å². The minimum atomic E-state index is -0.429. The van der Waals surface area contributed by atoms with Gasteiger partial charge in [-0.05, 0) is 31.6 Å². The zero-order chi connectivity index (χ0) is 23.8. The van der Waals surface area contributed by atoms with Crippen molar-refractivity contribution in [3.63, 3.8) is 0 Å². The molecule has 1 atom stereocenters. The number of fused-ring (bicyclic) bond motifs is 1. The zero-order valence-electron chi connectivity index (χ0n) is 19.9. The third-order valence-corrected chi connectivity index (χ3v) is 4.54. The summed E-state index contributed by atoms with van der Waals surface area (Å²) >= 11 is 0. The molecule has 32 heavy (non-hydrogen) atoms. The van der Waals surface area contributed by atoms with Crippen LogP contribution in [-0.4, -0.2) is 36.2 Å². The number of ether oxygens (including phenoxy) is 4. The Morgan fingerprint density at radius 1 is 1.25 bits per heavy atom. The van der Waals surface area contributed by atoms with E-state index in [1.165, 1.54) is 13.5 Å². The monoisotopic (exact) mass is 443 g/mol. The maximum Gasteiger partial charge on any atom is 0.256 e. The molecule has 0 fully saturated rings. The summed E-state index contributed by atoms with van der Waals surface area (Å²) in [6, 6.07) is 3.24. The molecule has 8 heteroatoms. The van der Waals surface area contributed by atoms with Gasteiger partial charge in [0.1, 0.15) is 0 Å². The first-order valence-corrected chi connectivity index (χ1v) is 10.5. The summed E-state index contributed by atoms with van der Waals surface area (Å²) < 4.78 is 23.5. The van der Waals surface area contributed by atoms with Gasteiger partial charge in [-0.25, -0.2) is 0 Å². The minimum absolute atomic E-state index is 0.308. The predicted octanol–water partition coefficient (Wildman–Crippen LogP) is 5.17. The second-order valence-corrected chi connectivity index (χ2v) is 7.42. The average Bonchev–Trinajstić information content (AvgIpc) is 3.35. The smallest absolute Gasteiger partial charge is 0.256 e. The molecule has 0 radical (unpaired) electrons. The molecule has 1 aromatic heterocycles. The fraction of sp³-hybridized carbons (Fsp3) is 0.417. The van der Waals surface area contributed by atoms with Crippen LogP contribution in [0.25, 0.3) is 0 Å². The molecular weight excluding hydrogens is 410 g/mol. The Morgan fingerprint density at radius 3 is 2.53 bits per heavy atom. The second-order valence-electron chi connectivity index (χ2n) is 7.42. The number of allylic oxidation sites excluding steroid dienone is 3. The Balaban J connectivity index is 0.00000114. The fourth-order valence-corrected chi connectivity index (χ4v) is 2.98. The molecule has 0 bridgehead atoms. The Bertz CT molecular complexity index is 994. The number of anilines is 1. The van der Waals surface area contributed by atoms with Gasteiger partial charge in [-0.2, -0.15) is 5.10 Å². The first-order chi connectivity index (χ1) is 15.2. The van der Waals surface area contributed by atoms with Crippen LogP contribution in [0.2, 0.25) is 0 Å².